The predicted octanol–water partition coefficient (Wildman–Crippen LogP) is 1.79. The molecule has 0 radical (unpaired) electrons. The smallest absolute Gasteiger partial charge is 0.244 e. The first kappa shape index (κ1) is 17.8. The predicted molar refractivity (Wildman–Crippen MR) is 97.8 cm³/mol. The number of hydrogen-bond donors (Lipinski definition) is 0. The molecule has 0 aromatic heterocycles. The largest absolute Gasteiger partial charge is 0.454 e. The maximum atomic E-state index is 12.9. The zero-order valence-electron chi connectivity index (χ0n) is 14.7. The fourth-order valence-corrected chi connectivity index (χ4v) is 4.91. The lowest BCUT2D eigenvalue weighted by molar-refractivity contribution is 0.173. The highest BCUT2D eigenvalue weighted by molar-refractivity contribution is 7.89. The van der Waals surface area contributed by atoms with Crippen LogP contribution in [0.1, 0.15) is 11.1 Å². The van der Waals surface area contributed by atoms with Gasteiger partial charge < -0.3 is 9.47 Å². The number of fused-ring (bicyclic) bond motifs is 1. The Bertz CT molecular complexity index is 992. The first-order chi connectivity index (χ1) is 13.1. The normalized spacial score (nSPS) is 17.6. The van der Waals surface area contributed by atoms with Gasteiger partial charge in [0.1, 0.15) is 6.07 Å². The molecule has 27 heavy (non-hydrogen) atoms. The Labute approximate surface area is 158 Å². The van der Waals surface area contributed by atoms with Gasteiger partial charge in [0.05, 0.1) is 10.5 Å². The van der Waals surface area contributed by atoms with E-state index in [-0.39, 0.29) is 17.3 Å². The van der Waals surface area contributed by atoms with Gasteiger partial charge in [-0.15, -0.1) is 0 Å². The molecule has 4 rings (SSSR count). The molecular formula is C19H19N3O4S. The van der Waals surface area contributed by atoms with Crippen LogP contribution in [0.25, 0.3) is 0 Å². The van der Waals surface area contributed by atoms with Crippen LogP contribution in [0.5, 0.6) is 11.5 Å². The monoisotopic (exact) mass is 385 g/mol. The van der Waals surface area contributed by atoms with E-state index in [1.165, 1.54) is 16.4 Å². The van der Waals surface area contributed by atoms with Crippen molar-refractivity contribution in [1.82, 2.24) is 9.21 Å². The number of nitriles is 1. The molecule has 8 heteroatoms. The number of rotatable bonds is 4. The average molecular weight is 385 g/mol. The molecule has 2 aromatic rings. The van der Waals surface area contributed by atoms with E-state index in [0.717, 1.165) is 23.6 Å². The van der Waals surface area contributed by atoms with Crippen LogP contribution in [0.3, 0.4) is 0 Å². The Balaban J connectivity index is 1.42. The molecule has 140 valence electrons. The van der Waals surface area contributed by atoms with E-state index in [1.807, 2.05) is 24.3 Å². The van der Waals surface area contributed by atoms with Crippen LogP contribution in [-0.4, -0.2) is 50.6 Å². The third-order valence-corrected chi connectivity index (χ3v) is 6.76. The van der Waals surface area contributed by atoms with Gasteiger partial charge in [-0.3, -0.25) is 4.90 Å². The molecular weight excluding hydrogens is 366 g/mol. The number of piperazine rings is 1. The number of nitrogens with zero attached hydrogens (tertiary/aromatic N) is 3. The van der Waals surface area contributed by atoms with Gasteiger partial charge in [-0.1, -0.05) is 18.2 Å². The Morgan fingerprint density at radius 2 is 1.74 bits per heavy atom. The summed E-state index contributed by atoms with van der Waals surface area (Å²) < 4.78 is 38.0. The van der Waals surface area contributed by atoms with E-state index < -0.39 is 10.0 Å². The SMILES string of the molecule is N#Cc1ccccc1S(=O)(=O)N1CCN(Cc2ccc3c(c2)OCO3)CC1. The second-order valence-corrected chi connectivity index (χ2v) is 8.38. The minimum Gasteiger partial charge on any atom is -0.454 e. The summed E-state index contributed by atoms with van der Waals surface area (Å²) in [6, 6.07) is 14.2. The highest BCUT2D eigenvalue weighted by Crippen LogP contribution is 2.33. The summed E-state index contributed by atoms with van der Waals surface area (Å²) in [7, 11) is -3.66. The van der Waals surface area contributed by atoms with Crippen LogP contribution in [0.4, 0.5) is 0 Å². The molecule has 0 atom stereocenters. The van der Waals surface area contributed by atoms with Gasteiger partial charge in [-0.25, -0.2) is 8.42 Å². The quantitative estimate of drug-likeness (QED) is 0.798. The molecule has 2 aliphatic heterocycles. The van der Waals surface area contributed by atoms with Gasteiger partial charge in [0.2, 0.25) is 16.8 Å². The minimum absolute atomic E-state index is 0.0803. The Kier molecular flexibility index (Phi) is 4.74. The van der Waals surface area contributed by atoms with Crippen LogP contribution in [0.15, 0.2) is 47.4 Å². The van der Waals surface area contributed by atoms with Crippen molar-refractivity contribution in [2.24, 2.45) is 0 Å². The highest BCUT2D eigenvalue weighted by Gasteiger charge is 2.30. The van der Waals surface area contributed by atoms with Crippen molar-refractivity contribution in [3.63, 3.8) is 0 Å². The molecule has 2 aliphatic rings. The van der Waals surface area contributed by atoms with Gasteiger partial charge in [-0.05, 0) is 29.8 Å². The summed E-state index contributed by atoms with van der Waals surface area (Å²) in [5, 5.41) is 9.19. The minimum atomic E-state index is -3.66. The number of benzene rings is 2. The van der Waals surface area contributed by atoms with Gasteiger partial charge in [-0.2, -0.15) is 9.57 Å². The maximum absolute atomic E-state index is 12.9. The summed E-state index contributed by atoms with van der Waals surface area (Å²) >= 11 is 0. The molecule has 0 saturated carbocycles. The lowest BCUT2D eigenvalue weighted by Crippen LogP contribution is -2.48. The van der Waals surface area contributed by atoms with E-state index in [0.29, 0.717) is 26.2 Å². The second kappa shape index (κ2) is 7.19. The van der Waals surface area contributed by atoms with Crippen LogP contribution >= 0.6 is 0 Å². The summed E-state index contributed by atoms with van der Waals surface area (Å²) in [6.45, 7) is 3.02. The molecule has 2 aromatic carbocycles. The van der Waals surface area contributed by atoms with E-state index in [9.17, 15) is 13.7 Å². The fourth-order valence-electron chi connectivity index (χ4n) is 3.35. The van der Waals surface area contributed by atoms with E-state index >= 15 is 0 Å². The standard InChI is InChI=1S/C19H19N3O4S/c20-12-16-3-1-2-4-19(16)27(23,24)22-9-7-21(8-10-22)13-15-5-6-17-18(11-15)26-14-25-17/h1-6,11H,7-10,13-14H2. The van der Waals surface area contributed by atoms with Gasteiger partial charge in [0, 0.05) is 32.7 Å². The molecule has 1 saturated heterocycles. The Hall–Kier alpha value is -2.60. The lowest BCUT2D eigenvalue weighted by Gasteiger charge is -2.34. The van der Waals surface area contributed by atoms with E-state index in [4.69, 9.17) is 9.47 Å². The van der Waals surface area contributed by atoms with Gasteiger partial charge in [0.25, 0.3) is 0 Å². The average Bonchev–Trinajstić information content (AvgIpc) is 3.16. The molecule has 0 bridgehead atoms. The zero-order chi connectivity index (χ0) is 18.9. The number of sulfonamides is 1. The van der Waals surface area contributed by atoms with Crippen LogP contribution in [-0.2, 0) is 16.6 Å². The van der Waals surface area contributed by atoms with Crippen molar-refractivity contribution in [2.75, 3.05) is 33.0 Å². The first-order valence-electron chi connectivity index (χ1n) is 8.68. The Morgan fingerprint density at radius 1 is 1.00 bits per heavy atom. The van der Waals surface area contributed by atoms with Crippen molar-refractivity contribution in [3.8, 4) is 17.6 Å². The van der Waals surface area contributed by atoms with E-state index in [1.54, 1.807) is 12.1 Å². The van der Waals surface area contributed by atoms with Crippen molar-refractivity contribution >= 4 is 10.0 Å². The molecule has 0 aliphatic carbocycles. The van der Waals surface area contributed by atoms with Crippen molar-refractivity contribution < 1.29 is 17.9 Å². The first-order valence-corrected chi connectivity index (χ1v) is 10.1. The summed E-state index contributed by atoms with van der Waals surface area (Å²) in [5.41, 5.74) is 1.28. The van der Waals surface area contributed by atoms with Crippen LogP contribution < -0.4 is 9.47 Å². The van der Waals surface area contributed by atoms with E-state index in [2.05, 4.69) is 4.90 Å². The fraction of sp³-hybridized carbons (Fsp3) is 0.316. The van der Waals surface area contributed by atoms with Crippen LogP contribution in [0, 0.1) is 11.3 Å². The van der Waals surface area contributed by atoms with Gasteiger partial charge >= 0.3 is 0 Å². The maximum Gasteiger partial charge on any atom is 0.244 e. The third kappa shape index (κ3) is 3.49. The summed E-state index contributed by atoms with van der Waals surface area (Å²) in [5.74, 6) is 1.51. The number of hydrogen-bond acceptors (Lipinski definition) is 6. The lowest BCUT2D eigenvalue weighted by atomic mass is 10.2. The molecule has 0 amide bonds. The summed E-state index contributed by atoms with van der Waals surface area (Å²) in [6.07, 6.45) is 0. The van der Waals surface area contributed by atoms with Crippen molar-refractivity contribution in [2.45, 2.75) is 11.4 Å². The van der Waals surface area contributed by atoms with Crippen LogP contribution in [0.2, 0.25) is 0 Å². The van der Waals surface area contributed by atoms with Crippen molar-refractivity contribution in [3.05, 3.63) is 53.6 Å². The summed E-state index contributed by atoms with van der Waals surface area (Å²) in [4.78, 5) is 2.29. The molecule has 2 heterocycles. The van der Waals surface area contributed by atoms with Gasteiger partial charge in [0.15, 0.2) is 11.5 Å². The topological polar surface area (TPSA) is 82.9 Å². The number of ether oxygens (including phenoxy) is 2. The molecule has 0 N–H and O–H groups in total. The molecule has 7 nitrogen and oxygen atoms in total. The zero-order valence-corrected chi connectivity index (χ0v) is 15.5. The highest BCUT2D eigenvalue weighted by atomic mass is 32.2. The molecule has 1 fully saturated rings. The molecule has 0 unspecified atom stereocenters. The third-order valence-electron chi connectivity index (χ3n) is 4.80. The molecule has 0 spiro atoms. The Morgan fingerprint density at radius 3 is 2.52 bits per heavy atom. The second-order valence-electron chi connectivity index (χ2n) is 6.48. The van der Waals surface area contributed by atoms with Crippen molar-refractivity contribution in [1.29, 1.82) is 5.26 Å².